The molecule has 3 rings (SSSR count). The van der Waals surface area contributed by atoms with E-state index < -0.39 is 0 Å². The molecule has 0 aliphatic heterocycles. The maximum Gasteiger partial charge on any atom is 0.225 e. The summed E-state index contributed by atoms with van der Waals surface area (Å²) in [5.74, 6) is 1.53. The van der Waals surface area contributed by atoms with Crippen molar-refractivity contribution in [3.63, 3.8) is 0 Å². The molecule has 1 aliphatic rings. The van der Waals surface area contributed by atoms with Crippen LogP contribution in [0.4, 0.5) is 11.8 Å². The largest absolute Gasteiger partial charge is 0.396 e. The average molecular weight is 278 g/mol. The van der Waals surface area contributed by atoms with E-state index in [0.717, 1.165) is 29.0 Å². The van der Waals surface area contributed by atoms with Crippen LogP contribution in [0.3, 0.4) is 0 Å². The molecule has 0 aromatic carbocycles. The first-order chi connectivity index (χ1) is 9.26. The molecule has 0 amide bonds. The Morgan fingerprint density at radius 1 is 1.42 bits per heavy atom. The Balaban J connectivity index is 1.81. The predicted molar refractivity (Wildman–Crippen MR) is 78.8 cm³/mol. The molecule has 0 radical (unpaired) electrons. The van der Waals surface area contributed by atoms with Crippen molar-refractivity contribution in [1.29, 1.82) is 0 Å². The number of rotatable bonds is 6. The third kappa shape index (κ3) is 2.50. The molecule has 6 heteroatoms. The van der Waals surface area contributed by atoms with Crippen LogP contribution in [0, 0.1) is 5.41 Å². The molecule has 1 aliphatic carbocycles. The standard InChI is InChI=1S/C13H18N4OS/c1-14-12-16-10(9-2-7-19-11(9)17-12)15-8-13(3-4-13)5-6-18/h2,7,18H,3-6,8H2,1H3,(H2,14,15,16,17). The fraction of sp³-hybridized carbons (Fsp3) is 0.538. The Labute approximate surface area is 116 Å². The minimum absolute atomic E-state index is 0.265. The van der Waals surface area contributed by atoms with Gasteiger partial charge in [0, 0.05) is 20.2 Å². The van der Waals surface area contributed by atoms with E-state index in [1.54, 1.807) is 11.3 Å². The molecular formula is C13H18N4OS. The Kier molecular flexibility index (Phi) is 3.28. The molecule has 0 unspecified atom stereocenters. The Morgan fingerprint density at radius 2 is 2.26 bits per heavy atom. The van der Waals surface area contributed by atoms with Gasteiger partial charge in [-0.05, 0) is 36.1 Å². The third-order valence-electron chi connectivity index (χ3n) is 3.78. The summed E-state index contributed by atoms with van der Waals surface area (Å²) >= 11 is 1.62. The maximum atomic E-state index is 9.10. The summed E-state index contributed by atoms with van der Waals surface area (Å²) < 4.78 is 0. The highest BCUT2D eigenvalue weighted by molar-refractivity contribution is 7.16. The number of fused-ring (bicyclic) bond motifs is 1. The van der Waals surface area contributed by atoms with Gasteiger partial charge in [0.1, 0.15) is 10.6 Å². The molecule has 0 bridgehead atoms. The van der Waals surface area contributed by atoms with E-state index in [1.165, 1.54) is 12.8 Å². The predicted octanol–water partition coefficient (Wildman–Crippen LogP) is 2.31. The summed E-state index contributed by atoms with van der Waals surface area (Å²) in [5, 5.41) is 18.6. The van der Waals surface area contributed by atoms with Gasteiger partial charge < -0.3 is 15.7 Å². The van der Waals surface area contributed by atoms with Gasteiger partial charge in [-0.1, -0.05) is 0 Å². The second-order valence-corrected chi connectivity index (χ2v) is 6.01. The summed E-state index contributed by atoms with van der Waals surface area (Å²) in [5.41, 5.74) is 0.280. The number of aromatic nitrogens is 2. The minimum Gasteiger partial charge on any atom is -0.396 e. The lowest BCUT2D eigenvalue weighted by Gasteiger charge is -2.15. The smallest absolute Gasteiger partial charge is 0.225 e. The van der Waals surface area contributed by atoms with Crippen molar-refractivity contribution >= 4 is 33.3 Å². The van der Waals surface area contributed by atoms with Crippen LogP contribution >= 0.6 is 11.3 Å². The van der Waals surface area contributed by atoms with E-state index in [9.17, 15) is 0 Å². The van der Waals surface area contributed by atoms with Crippen molar-refractivity contribution in [2.75, 3.05) is 30.8 Å². The van der Waals surface area contributed by atoms with Crippen molar-refractivity contribution in [2.45, 2.75) is 19.3 Å². The van der Waals surface area contributed by atoms with Crippen LogP contribution in [0.5, 0.6) is 0 Å². The first-order valence-electron chi connectivity index (χ1n) is 6.54. The number of aliphatic hydroxyl groups excluding tert-OH is 1. The Bertz CT molecular complexity index is 579. The van der Waals surface area contributed by atoms with E-state index in [4.69, 9.17) is 5.11 Å². The quantitative estimate of drug-likeness (QED) is 0.756. The highest BCUT2D eigenvalue weighted by Gasteiger charge is 2.41. The van der Waals surface area contributed by atoms with Crippen LogP contribution in [0.2, 0.25) is 0 Å². The first kappa shape index (κ1) is 12.6. The van der Waals surface area contributed by atoms with Gasteiger partial charge in [0.05, 0.1) is 5.39 Å². The third-order valence-corrected chi connectivity index (χ3v) is 4.59. The van der Waals surface area contributed by atoms with E-state index in [1.807, 2.05) is 18.5 Å². The van der Waals surface area contributed by atoms with E-state index >= 15 is 0 Å². The van der Waals surface area contributed by atoms with Gasteiger partial charge in [-0.2, -0.15) is 4.98 Å². The lowest BCUT2D eigenvalue weighted by atomic mass is 10.0. The fourth-order valence-electron chi connectivity index (χ4n) is 2.30. The van der Waals surface area contributed by atoms with E-state index in [0.29, 0.717) is 5.95 Å². The zero-order valence-corrected chi connectivity index (χ0v) is 11.8. The molecule has 1 fully saturated rings. The van der Waals surface area contributed by atoms with Gasteiger partial charge in [0.15, 0.2) is 0 Å². The second kappa shape index (κ2) is 4.94. The van der Waals surface area contributed by atoms with Gasteiger partial charge in [0.25, 0.3) is 0 Å². The lowest BCUT2D eigenvalue weighted by Crippen LogP contribution is -2.17. The molecule has 0 spiro atoms. The number of hydrogen-bond donors (Lipinski definition) is 3. The molecule has 0 saturated heterocycles. The number of thiophene rings is 1. The van der Waals surface area contributed by atoms with Crippen molar-refractivity contribution in [3.8, 4) is 0 Å². The molecule has 2 aromatic heterocycles. The summed E-state index contributed by atoms with van der Waals surface area (Å²) in [6.07, 6.45) is 3.26. The number of aliphatic hydroxyl groups is 1. The van der Waals surface area contributed by atoms with Gasteiger partial charge in [0.2, 0.25) is 5.95 Å². The summed E-state index contributed by atoms with van der Waals surface area (Å²) in [4.78, 5) is 9.91. The molecule has 2 heterocycles. The summed E-state index contributed by atoms with van der Waals surface area (Å²) in [6, 6.07) is 2.05. The first-order valence-corrected chi connectivity index (χ1v) is 7.42. The molecule has 0 atom stereocenters. The van der Waals surface area contributed by atoms with Crippen molar-refractivity contribution in [1.82, 2.24) is 9.97 Å². The number of hydrogen-bond acceptors (Lipinski definition) is 6. The van der Waals surface area contributed by atoms with Gasteiger partial charge in [-0.15, -0.1) is 11.3 Å². The minimum atomic E-state index is 0.265. The van der Waals surface area contributed by atoms with E-state index in [2.05, 4.69) is 20.6 Å². The number of nitrogens with one attached hydrogen (secondary N) is 2. The lowest BCUT2D eigenvalue weighted by molar-refractivity contribution is 0.253. The molecular weight excluding hydrogens is 260 g/mol. The van der Waals surface area contributed by atoms with Gasteiger partial charge in [-0.3, -0.25) is 0 Å². The van der Waals surface area contributed by atoms with Crippen LogP contribution in [-0.4, -0.2) is 35.3 Å². The molecule has 2 aromatic rings. The van der Waals surface area contributed by atoms with Crippen molar-refractivity contribution in [3.05, 3.63) is 11.4 Å². The van der Waals surface area contributed by atoms with Gasteiger partial charge >= 0.3 is 0 Å². The highest BCUT2D eigenvalue weighted by atomic mass is 32.1. The van der Waals surface area contributed by atoms with Crippen LogP contribution < -0.4 is 10.6 Å². The van der Waals surface area contributed by atoms with Gasteiger partial charge in [-0.25, -0.2) is 4.98 Å². The van der Waals surface area contributed by atoms with Crippen molar-refractivity contribution in [2.24, 2.45) is 5.41 Å². The van der Waals surface area contributed by atoms with E-state index in [-0.39, 0.29) is 12.0 Å². The molecule has 1 saturated carbocycles. The highest BCUT2D eigenvalue weighted by Crippen LogP contribution is 2.48. The Morgan fingerprint density at radius 3 is 2.95 bits per heavy atom. The SMILES string of the molecule is CNc1nc(NCC2(CCO)CC2)c2ccsc2n1. The molecule has 3 N–H and O–H groups in total. The zero-order valence-electron chi connectivity index (χ0n) is 10.9. The second-order valence-electron chi connectivity index (χ2n) is 5.11. The summed E-state index contributed by atoms with van der Waals surface area (Å²) in [7, 11) is 1.83. The average Bonchev–Trinajstić information content (AvgIpc) is 3.02. The fourth-order valence-corrected chi connectivity index (χ4v) is 3.07. The molecule has 102 valence electrons. The van der Waals surface area contributed by atoms with Crippen LogP contribution in [0.25, 0.3) is 10.2 Å². The topological polar surface area (TPSA) is 70.1 Å². The van der Waals surface area contributed by atoms with Crippen LogP contribution in [0.15, 0.2) is 11.4 Å². The normalized spacial score (nSPS) is 16.5. The van der Waals surface area contributed by atoms with Crippen LogP contribution in [0.1, 0.15) is 19.3 Å². The van der Waals surface area contributed by atoms with Crippen molar-refractivity contribution < 1.29 is 5.11 Å². The molecule has 5 nitrogen and oxygen atoms in total. The van der Waals surface area contributed by atoms with Crippen LogP contribution in [-0.2, 0) is 0 Å². The maximum absolute atomic E-state index is 9.10. The summed E-state index contributed by atoms with van der Waals surface area (Å²) in [6.45, 7) is 1.14. The number of anilines is 2. The monoisotopic (exact) mass is 278 g/mol. The Hall–Kier alpha value is -1.40. The number of nitrogens with zero attached hydrogens (tertiary/aromatic N) is 2. The molecule has 19 heavy (non-hydrogen) atoms. The zero-order chi connectivity index (χ0) is 13.3.